The summed E-state index contributed by atoms with van der Waals surface area (Å²) in [7, 11) is 0. The molecule has 1 heterocycles. The maximum atomic E-state index is 12.3. The predicted molar refractivity (Wildman–Crippen MR) is 74.0 cm³/mol. The molecule has 1 fully saturated rings. The molecule has 0 spiro atoms. The molecule has 1 aliphatic carbocycles. The van der Waals surface area contributed by atoms with E-state index >= 15 is 0 Å². The lowest BCUT2D eigenvalue weighted by atomic mass is 10.1. The number of amides is 2. The topological polar surface area (TPSA) is 80.5 Å². The van der Waals surface area contributed by atoms with Crippen LogP contribution < -0.4 is 0 Å². The first-order valence-electron chi connectivity index (χ1n) is 6.23. The summed E-state index contributed by atoms with van der Waals surface area (Å²) in [6.07, 6.45) is 1.90. The quantitative estimate of drug-likeness (QED) is 0.398. The third-order valence-corrected chi connectivity index (χ3v) is 4.62. The zero-order valence-electron chi connectivity index (χ0n) is 10.5. The molecule has 1 saturated carbocycles. The molecule has 7 heteroatoms. The second-order valence-electron chi connectivity index (χ2n) is 5.34. The van der Waals surface area contributed by atoms with E-state index in [0.717, 1.165) is 12.8 Å². The molecule has 0 radical (unpaired) electrons. The standard InChI is InChI=1S/C13H12N2O4S/c16-11-9-2-1-8(15(18)19)5-10(9)12(17)14(11)6-13(7-20)3-4-13/h1-2,5,20H,3-4,6-7H2. The first kappa shape index (κ1) is 13.1. The Hall–Kier alpha value is -1.89. The van der Waals surface area contributed by atoms with Gasteiger partial charge in [-0.1, -0.05) is 0 Å². The monoisotopic (exact) mass is 292 g/mol. The average Bonchev–Trinajstić information content (AvgIpc) is 3.18. The Bertz CT molecular complexity index is 639. The van der Waals surface area contributed by atoms with Gasteiger partial charge in [-0.2, -0.15) is 12.6 Å². The number of rotatable bonds is 4. The van der Waals surface area contributed by atoms with Crippen LogP contribution in [0.3, 0.4) is 0 Å². The third kappa shape index (κ3) is 1.89. The molecule has 0 N–H and O–H groups in total. The Balaban J connectivity index is 1.93. The summed E-state index contributed by atoms with van der Waals surface area (Å²) in [6, 6.07) is 3.78. The zero-order chi connectivity index (χ0) is 14.5. The second kappa shape index (κ2) is 4.31. The van der Waals surface area contributed by atoms with Crippen LogP contribution in [0.5, 0.6) is 0 Å². The van der Waals surface area contributed by atoms with Crippen molar-refractivity contribution in [2.45, 2.75) is 12.8 Å². The van der Waals surface area contributed by atoms with E-state index in [0.29, 0.717) is 12.3 Å². The summed E-state index contributed by atoms with van der Waals surface area (Å²) in [6.45, 7) is 0.344. The number of carbonyl (C=O) groups excluding carboxylic acids is 2. The highest BCUT2D eigenvalue weighted by atomic mass is 32.1. The molecule has 0 bridgehead atoms. The van der Waals surface area contributed by atoms with Gasteiger partial charge in [0.25, 0.3) is 17.5 Å². The molecule has 1 aromatic rings. The van der Waals surface area contributed by atoms with E-state index < -0.39 is 10.8 Å². The summed E-state index contributed by atoms with van der Waals surface area (Å²) in [4.78, 5) is 35.8. The van der Waals surface area contributed by atoms with Crippen LogP contribution in [0.2, 0.25) is 0 Å². The number of nitrogens with zero attached hydrogens (tertiary/aromatic N) is 2. The number of imide groups is 1. The average molecular weight is 292 g/mol. The Kier molecular flexibility index (Phi) is 2.82. The number of fused-ring (bicyclic) bond motifs is 1. The normalized spacial score (nSPS) is 19.1. The van der Waals surface area contributed by atoms with Gasteiger partial charge in [-0.15, -0.1) is 0 Å². The van der Waals surface area contributed by atoms with Gasteiger partial charge in [0.2, 0.25) is 0 Å². The van der Waals surface area contributed by atoms with Crippen molar-refractivity contribution in [1.29, 1.82) is 0 Å². The lowest BCUT2D eigenvalue weighted by molar-refractivity contribution is -0.384. The van der Waals surface area contributed by atoms with Crippen molar-refractivity contribution < 1.29 is 14.5 Å². The number of nitro groups is 1. The number of thiol groups is 1. The van der Waals surface area contributed by atoms with Crippen LogP contribution in [-0.4, -0.2) is 33.9 Å². The number of hydrogen-bond acceptors (Lipinski definition) is 5. The largest absolute Gasteiger partial charge is 0.274 e. The highest BCUT2D eigenvalue weighted by molar-refractivity contribution is 7.80. The maximum absolute atomic E-state index is 12.3. The molecule has 0 unspecified atom stereocenters. The van der Waals surface area contributed by atoms with Crippen molar-refractivity contribution in [3.05, 3.63) is 39.4 Å². The Morgan fingerprint density at radius 1 is 1.25 bits per heavy atom. The van der Waals surface area contributed by atoms with E-state index in [1.165, 1.54) is 23.1 Å². The second-order valence-corrected chi connectivity index (χ2v) is 5.66. The number of hydrogen-bond donors (Lipinski definition) is 1. The predicted octanol–water partition coefficient (Wildman–Crippen LogP) is 1.90. The maximum Gasteiger partial charge on any atom is 0.270 e. The molecule has 2 amide bonds. The number of benzene rings is 1. The first-order valence-corrected chi connectivity index (χ1v) is 6.86. The summed E-state index contributed by atoms with van der Waals surface area (Å²) in [5, 5.41) is 10.7. The van der Waals surface area contributed by atoms with E-state index in [-0.39, 0.29) is 28.1 Å². The third-order valence-electron chi connectivity index (χ3n) is 3.95. The molecule has 0 aromatic heterocycles. The van der Waals surface area contributed by atoms with E-state index in [2.05, 4.69) is 12.6 Å². The van der Waals surface area contributed by atoms with Gasteiger partial charge in [-0.25, -0.2) is 0 Å². The Labute approximate surface area is 120 Å². The molecule has 3 rings (SSSR count). The van der Waals surface area contributed by atoms with Crippen molar-refractivity contribution in [2.24, 2.45) is 5.41 Å². The number of non-ortho nitro benzene ring substituents is 1. The van der Waals surface area contributed by atoms with Crippen molar-refractivity contribution in [3.63, 3.8) is 0 Å². The van der Waals surface area contributed by atoms with Crippen molar-refractivity contribution in [3.8, 4) is 0 Å². The van der Waals surface area contributed by atoms with Gasteiger partial charge in [-0.05, 0) is 30.1 Å². The van der Waals surface area contributed by atoms with Crippen LogP contribution in [0, 0.1) is 15.5 Å². The van der Waals surface area contributed by atoms with Gasteiger partial charge in [0, 0.05) is 18.7 Å². The highest BCUT2D eigenvalue weighted by Gasteiger charge is 2.47. The fourth-order valence-corrected chi connectivity index (χ4v) is 2.83. The van der Waals surface area contributed by atoms with E-state index in [1.807, 2.05) is 0 Å². The van der Waals surface area contributed by atoms with E-state index in [4.69, 9.17) is 0 Å². The van der Waals surface area contributed by atoms with Crippen LogP contribution in [0.15, 0.2) is 18.2 Å². The van der Waals surface area contributed by atoms with E-state index in [1.54, 1.807) is 0 Å². The minimum atomic E-state index is -0.573. The SMILES string of the molecule is O=C1c2ccc([N+](=O)[O-])cc2C(=O)N1CC1(CS)CC1. The fourth-order valence-electron chi connectivity index (χ4n) is 2.41. The summed E-state index contributed by atoms with van der Waals surface area (Å²) in [5.41, 5.74) is 0.124. The molecule has 6 nitrogen and oxygen atoms in total. The lowest BCUT2D eigenvalue weighted by Gasteiger charge is -2.20. The van der Waals surface area contributed by atoms with Gasteiger partial charge in [0.1, 0.15) is 0 Å². The minimum absolute atomic E-state index is 0.0671. The van der Waals surface area contributed by atoms with Gasteiger partial charge < -0.3 is 0 Å². The lowest BCUT2D eigenvalue weighted by Crippen LogP contribution is -2.36. The van der Waals surface area contributed by atoms with Gasteiger partial charge in [-0.3, -0.25) is 24.6 Å². The molecule has 2 aliphatic rings. The van der Waals surface area contributed by atoms with Crippen LogP contribution in [0.4, 0.5) is 5.69 Å². The first-order chi connectivity index (χ1) is 9.47. The number of carbonyl (C=O) groups is 2. The Morgan fingerprint density at radius 3 is 2.45 bits per heavy atom. The fraction of sp³-hybridized carbons (Fsp3) is 0.385. The van der Waals surface area contributed by atoms with Crippen LogP contribution >= 0.6 is 12.6 Å². The van der Waals surface area contributed by atoms with Gasteiger partial charge in [0.05, 0.1) is 16.1 Å². The number of nitro benzene ring substituents is 1. The summed E-state index contributed by atoms with van der Waals surface area (Å²) in [5.74, 6) is -0.185. The molecule has 20 heavy (non-hydrogen) atoms. The molecule has 1 aromatic carbocycles. The van der Waals surface area contributed by atoms with Crippen LogP contribution in [0.25, 0.3) is 0 Å². The minimum Gasteiger partial charge on any atom is -0.274 e. The highest BCUT2D eigenvalue weighted by Crippen LogP contribution is 2.48. The molecule has 0 atom stereocenters. The summed E-state index contributed by atoms with van der Waals surface area (Å²) < 4.78 is 0. The van der Waals surface area contributed by atoms with Crippen molar-refractivity contribution in [2.75, 3.05) is 12.3 Å². The molecule has 1 aliphatic heterocycles. The van der Waals surface area contributed by atoms with Gasteiger partial charge in [0.15, 0.2) is 0 Å². The molecule has 104 valence electrons. The van der Waals surface area contributed by atoms with Crippen LogP contribution in [-0.2, 0) is 0 Å². The summed E-state index contributed by atoms with van der Waals surface area (Å²) >= 11 is 4.26. The van der Waals surface area contributed by atoms with Gasteiger partial charge >= 0.3 is 0 Å². The Morgan fingerprint density at radius 2 is 1.90 bits per heavy atom. The molecular weight excluding hydrogens is 280 g/mol. The van der Waals surface area contributed by atoms with Crippen molar-refractivity contribution >= 4 is 30.1 Å². The molecule has 0 saturated heterocycles. The molecular formula is C13H12N2O4S. The van der Waals surface area contributed by atoms with Crippen LogP contribution in [0.1, 0.15) is 33.6 Å². The van der Waals surface area contributed by atoms with Crippen molar-refractivity contribution in [1.82, 2.24) is 4.90 Å². The zero-order valence-corrected chi connectivity index (χ0v) is 11.4. The van der Waals surface area contributed by atoms with E-state index in [9.17, 15) is 19.7 Å². The smallest absolute Gasteiger partial charge is 0.270 e.